The average Bonchev–Trinajstić information content (AvgIpc) is 3.45. The number of esters is 1. The molecule has 2 aromatic rings. The van der Waals surface area contributed by atoms with Crippen LogP contribution in [0.15, 0.2) is 48.5 Å². The first kappa shape index (κ1) is 17.9. The van der Waals surface area contributed by atoms with Crippen molar-refractivity contribution in [2.45, 2.75) is 12.8 Å². The Morgan fingerprint density at radius 3 is 2.04 bits per heavy atom. The van der Waals surface area contributed by atoms with Crippen LogP contribution < -0.4 is 10.6 Å². The monoisotopic (exact) mass is 372 g/mol. The molecule has 0 atom stereocenters. The zero-order valence-corrected chi connectivity index (χ0v) is 14.8. The Labute approximate surface area is 155 Å². The number of para-hydroxylation sites is 2. The van der Waals surface area contributed by atoms with Gasteiger partial charge in [0.15, 0.2) is 0 Å². The number of anilines is 2. The molecule has 1 aliphatic rings. The molecule has 1 fully saturated rings. The fourth-order valence-corrected chi connectivity index (χ4v) is 2.79. The summed E-state index contributed by atoms with van der Waals surface area (Å²) in [6.07, 6.45) is 0.852. The van der Waals surface area contributed by atoms with Crippen LogP contribution in [-0.4, -0.2) is 24.9 Å². The quantitative estimate of drug-likeness (QED) is 0.621. The number of hydrogen-bond acceptors (Lipinski definition) is 4. The van der Waals surface area contributed by atoms with Gasteiger partial charge >= 0.3 is 5.97 Å². The molecule has 1 saturated carbocycles. The number of rotatable bonds is 5. The highest BCUT2D eigenvalue weighted by molar-refractivity contribution is 6.34. The molecule has 134 valence electrons. The van der Waals surface area contributed by atoms with Gasteiger partial charge in [-0.25, -0.2) is 4.79 Å². The van der Waals surface area contributed by atoms with Gasteiger partial charge in [-0.15, -0.1) is 0 Å². The number of methoxy groups -OCH3 is 1. The second-order valence-electron chi connectivity index (χ2n) is 6.01. The van der Waals surface area contributed by atoms with Crippen molar-refractivity contribution in [3.8, 4) is 0 Å². The minimum Gasteiger partial charge on any atom is -0.465 e. The maximum absolute atomic E-state index is 12.7. The van der Waals surface area contributed by atoms with Crippen LogP contribution in [0.3, 0.4) is 0 Å². The van der Waals surface area contributed by atoms with Gasteiger partial charge in [-0.3, -0.25) is 9.59 Å². The second kappa shape index (κ2) is 7.17. The van der Waals surface area contributed by atoms with Crippen LogP contribution in [0.1, 0.15) is 23.2 Å². The van der Waals surface area contributed by atoms with Crippen molar-refractivity contribution in [1.82, 2.24) is 0 Å². The first-order chi connectivity index (χ1) is 12.5. The molecule has 7 heteroatoms. The predicted molar refractivity (Wildman–Crippen MR) is 98.2 cm³/mol. The molecule has 3 rings (SSSR count). The van der Waals surface area contributed by atoms with Gasteiger partial charge in [0.25, 0.3) is 0 Å². The fraction of sp³-hybridized carbons (Fsp3) is 0.211. The third kappa shape index (κ3) is 3.41. The highest BCUT2D eigenvalue weighted by Gasteiger charge is 2.56. The summed E-state index contributed by atoms with van der Waals surface area (Å²) in [4.78, 5) is 37.2. The van der Waals surface area contributed by atoms with Gasteiger partial charge in [-0.2, -0.15) is 0 Å². The highest BCUT2D eigenvalue weighted by atomic mass is 35.5. The molecular formula is C19H17ClN2O4. The topological polar surface area (TPSA) is 84.5 Å². The number of hydrogen-bond donors (Lipinski definition) is 2. The van der Waals surface area contributed by atoms with E-state index in [-0.39, 0.29) is 5.56 Å². The second-order valence-corrected chi connectivity index (χ2v) is 6.41. The average molecular weight is 373 g/mol. The number of halogens is 1. The highest BCUT2D eigenvalue weighted by Crippen LogP contribution is 2.48. The Morgan fingerprint density at radius 1 is 0.923 bits per heavy atom. The number of carbonyl (C=O) groups is 3. The molecule has 2 N–H and O–H groups in total. The molecule has 2 aromatic carbocycles. The summed E-state index contributed by atoms with van der Waals surface area (Å²) in [7, 11) is 1.26. The Balaban J connectivity index is 1.77. The summed E-state index contributed by atoms with van der Waals surface area (Å²) in [6.45, 7) is 0. The Hall–Kier alpha value is -2.86. The maximum atomic E-state index is 12.7. The SMILES string of the molecule is COC(=O)c1ccccc1NC(=O)C1(C(=O)Nc2ccccc2Cl)CC1. The lowest BCUT2D eigenvalue weighted by Crippen LogP contribution is -2.36. The van der Waals surface area contributed by atoms with Crippen LogP contribution in [-0.2, 0) is 14.3 Å². The molecule has 0 radical (unpaired) electrons. The molecule has 0 unspecified atom stereocenters. The number of amides is 2. The molecule has 0 aliphatic heterocycles. The third-order valence-corrected chi connectivity index (χ3v) is 4.65. The van der Waals surface area contributed by atoms with E-state index in [1.807, 2.05) is 0 Å². The molecule has 0 spiro atoms. The Morgan fingerprint density at radius 2 is 1.46 bits per heavy atom. The molecule has 0 saturated heterocycles. The molecule has 2 amide bonds. The molecular weight excluding hydrogens is 356 g/mol. The summed E-state index contributed by atoms with van der Waals surface area (Å²) in [5.41, 5.74) is -0.178. The van der Waals surface area contributed by atoms with E-state index >= 15 is 0 Å². The van der Waals surface area contributed by atoms with Crippen molar-refractivity contribution in [3.05, 3.63) is 59.1 Å². The van der Waals surface area contributed by atoms with E-state index in [0.717, 1.165) is 0 Å². The molecule has 26 heavy (non-hydrogen) atoms. The minimum absolute atomic E-state index is 0.227. The Bertz CT molecular complexity index is 877. The van der Waals surface area contributed by atoms with Crippen molar-refractivity contribution in [3.63, 3.8) is 0 Å². The van der Waals surface area contributed by atoms with Gasteiger partial charge in [0.1, 0.15) is 5.41 Å². The standard InChI is InChI=1S/C19H17ClN2O4/c1-26-16(23)12-6-2-4-8-14(12)21-17(24)19(10-11-19)18(25)22-15-9-5-3-7-13(15)20/h2-9H,10-11H2,1H3,(H,21,24)(H,22,25). The molecule has 0 aromatic heterocycles. The zero-order chi connectivity index (χ0) is 18.7. The normalized spacial score (nSPS) is 14.2. The van der Waals surface area contributed by atoms with Crippen molar-refractivity contribution in [2.75, 3.05) is 17.7 Å². The number of carbonyl (C=O) groups excluding carboxylic acids is 3. The third-order valence-electron chi connectivity index (χ3n) is 4.32. The zero-order valence-electron chi connectivity index (χ0n) is 14.0. The number of benzene rings is 2. The van der Waals surface area contributed by atoms with E-state index in [2.05, 4.69) is 10.6 Å². The van der Waals surface area contributed by atoms with Gasteiger partial charge in [-0.1, -0.05) is 35.9 Å². The summed E-state index contributed by atoms with van der Waals surface area (Å²) < 4.78 is 4.72. The van der Waals surface area contributed by atoms with Crippen molar-refractivity contribution in [1.29, 1.82) is 0 Å². The van der Waals surface area contributed by atoms with Crippen molar-refractivity contribution >= 4 is 40.8 Å². The van der Waals surface area contributed by atoms with Crippen LogP contribution in [0.5, 0.6) is 0 Å². The fourth-order valence-electron chi connectivity index (χ4n) is 2.61. The lowest BCUT2D eigenvalue weighted by atomic mass is 10.0. The number of ether oxygens (including phenoxy) is 1. The van der Waals surface area contributed by atoms with Crippen LogP contribution in [0.4, 0.5) is 11.4 Å². The molecule has 0 heterocycles. The van der Waals surface area contributed by atoms with Crippen LogP contribution in [0, 0.1) is 5.41 Å². The lowest BCUT2D eigenvalue weighted by Gasteiger charge is -2.17. The molecule has 0 bridgehead atoms. The van der Waals surface area contributed by atoms with Gasteiger partial charge < -0.3 is 15.4 Å². The summed E-state index contributed by atoms with van der Waals surface area (Å²) in [6, 6.07) is 13.3. The lowest BCUT2D eigenvalue weighted by molar-refractivity contribution is -0.131. The molecule has 1 aliphatic carbocycles. The van der Waals surface area contributed by atoms with Gasteiger partial charge in [-0.05, 0) is 37.1 Å². The summed E-state index contributed by atoms with van der Waals surface area (Å²) in [5.74, 6) is -1.44. The number of nitrogens with one attached hydrogen (secondary N) is 2. The van der Waals surface area contributed by atoms with Crippen molar-refractivity contribution < 1.29 is 19.1 Å². The van der Waals surface area contributed by atoms with E-state index < -0.39 is 23.2 Å². The first-order valence-electron chi connectivity index (χ1n) is 8.03. The van der Waals surface area contributed by atoms with Crippen LogP contribution in [0.2, 0.25) is 5.02 Å². The van der Waals surface area contributed by atoms with E-state index in [9.17, 15) is 14.4 Å². The molecule has 6 nitrogen and oxygen atoms in total. The maximum Gasteiger partial charge on any atom is 0.339 e. The first-order valence-corrected chi connectivity index (χ1v) is 8.40. The van der Waals surface area contributed by atoms with E-state index in [1.165, 1.54) is 7.11 Å². The van der Waals surface area contributed by atoms with E-state index in [4.69, 9.17) is 16.3 Å². The van der Waals surface area contributed by atoms with Crippen LogP contribution in [0.25, 0.3) is 0 Å². The van der Waals surface area contributed by atoms with Gasteiger partial charge in [0.2, 0.25) is 11.8 Å². The van der Waals surface area contributed by atoms with E-state index in [1.54, 1.807) is 48.5 Å². The summed E-state index contributed by atoms with van der Waals surface area (Å²) >= 11 is 6.05. The van der Waals surface area contributed by atoms with Gasteiger partial charge in [0.05, 0.1) is 29.1 Å². The smallest absolute Gasteiger partial charge is 0.339 e. The van der Waals surface area contributed by atoms with Crippen LogP contribution >= 0.6 is 11.6 Å². The minimum atomic E-state index is -1.16. The predicted octanol–water partition coefficient (Wildman–Crippen LogP) is 3.48. The largest absolute Gasteiger partial charge is 0.465 e. The van der Waals surface area contributed by atoms with Crippen molar-refractivity contribution in [2.24, 2.45) is 5.41 Å². The summed E-state index contributed by atoms with van der Waals surface area (Å²) in [5, 5.41) is 5.78. The Kier molecular flexibility index (Phi) is 4.95. The van der Waals surface area contributed by atoms with Gasteiger partial charge in [0, 0.05) is 0 Å². The van der Waals surface area contributed by atoms with E-state index in [0.29, 0.717) is 29.2 Å².